The normalized spacial score (nSPS) is 11.3. The fourth-order valence-electron chi connectivity index (χ4n) is 2.50. The Balaban J connectivity index is 2.10. The van der Waals surface area contributed by atoms with Gasteiger partial charge in [-0.25, -0.2) is 4.79 Å². The Morgan fingerprint density at radius 2 is 1.69 bits per heavy atom. The summed E-state index contributed by atoms with van der Waals surface area (Å²) in [5.74, 6) is -1.32. The topological polar surface area (TPSA) is 117 Å². The summed E-state index contributed by atoms with van der Waals surface area (Å²) in [4.78, 5) is 35.3. The Labute approximate surface area is 167 Å². The van der Waals surface area contributed by atoms with Gasteiger partial charge in [0, 0.05) is 12.6 Å². The Morgan fingerprint density at radius 1 is 1.10 bits per heavy atom. The predicted octanol–water partition coefficient (Wildman–Crippen LogP) is 2.78. The molecular weight excluding hydrogens is 380 g/mol. The van der Waals surface area contributed by atoms with Gasteiger partial charge in [0.15, 0.2) is 17.6 Å². The van der Waals surface area contributed by atoms with Crippen LogP contribution in [0.4, 0.5) is 5.69 Å². The summed E-state index contributed by atoms with van der Waals surface area (Å²) in [7, 11) is 2.65. The molecule has 0 heterocycles. The van der Waals surface area contributed by atoms with E-state index in [0.717, 1.165) is 23.3 Å². The van der Waals surface area contributed by atoms with Crippen LogP contribution in [0.25, 0.3) is 0 Å². The van der Waals surface area contributed by atoms with Gasteiger partial charge in [0.05, 0.1) is 25.2 Å². The van der Waals surface area contributed by atoms with Crippen molar-refractivity contribution in [1.82, 2.24) is 5.32 Å². The molecule has 0 saturated carbocycles. The summed E-state index contributed by atoms with van der Waals surface area (Å²) in [5, 5.41) is 14.0. The standard InChI is InChI=1S/C20H22N2O7/c1-12-5-7-14(8-6-12)11-21-19(23)13(2)29-20(24)15-9-17(27-3)18(28-4)10-16(15)22(25)26/h5-10,13H,11H2,1-4H3,(H,21,23)/t13-/m1/s1. The fraction of sp³-hybridized carbons (Fsp3) is 0.300. The van der Waals surface area contributed by atoms with E-state index in [1.54, 1.807) is 0 Å². The number of methoxy groups -OCH3 is 2. The minimum atomic E-state index is -1.15. The van der Waals surface area contributed by atoms with Crippen LogP contribution in [-0.4, -0.2) is 37.1 Å². The number of carbonyl (C=O) groups is 2. The van der Waals surface area contributed by atoms with Crippen molar-refractivity contribution in [2.24, 2.45) is 0 Å². The lowest BCUT2D eigenvalue weighted by atomic mass is 10.1. The first kappa shape index (κ1) is 21.7. The second-order valence-corrected chi connectivity index (χ2v) is 6.23. The molecule has 0 radical (unpaired) electrons. The molecule has 0 saturated heterocycles. The lowest BCUT2D eigenvalue weighted by Crippen LogP contribution is -2.35. The molecule has 0 bridgehead atoms. The molecule has 9 nitrogen and oxygen atoms in total. The number of hydrogen-bond donors (Lipinski definition) is 1. The molecule has 2 aromatic rings. The van der Waals surface area contributed by atoms with E-state index in [9.17, 15) is 19.7 Å². The number of nitro benzene ring substituents is 1. The largest absolute Gasteiger partial charge is 0.493 e. The number of hydrogen-bond acceptors (Lipinski definition) is 7. The van der Waals surface area contributed by atoms with E-state index in [1.807, 2.05) is 31.2 Å². The molecule has 1 amide bonds. The molecule has 1 N–H and O–H groups in total. The van der Waals surface area contributed by atoms with Gasteiger partial charge in [-0.05, 0) is 19.4 Å². The van der Waals surface area contributed by atoms with Crippen LogP contribution in [0.5, 0.6) is 11.5 Å². The zero-order valence-corrected chi connectivity index (χ0v) is 16.6. The Bertz CT molecular complexity index is 910. The summed E-state index contributed by atoms with van der Waals surface area (Å²) >= 11 is 0. The van der Waals surface area contributed by atoms with Gasteiger partial charge in [0.1, 0.15) is 5.56 Å². The molecule has 0 unspecified atom stereocenters. The molecule has 9 heteroatoms. The summed E-state index contributed by atoms with van der Waals surface area (Å²) in [6.07, 6.45) is -1.15. The van der Waals surface area contributed by atoms with Crippen LogP contribution in [-0.2, 0) is 16.1 Å². The number of nitrogens with zero attached hydrogens (tertiary/aromatic N) is 1. The van der Waals surface area contributed by atoms with Crippen molar-refractivity contribution in [3.63, 3.8) is 0 Å². The molecule has 2 aromatic carbocycles. The fourth-order valence-corrected chi connectivity index (χ4v) is 2.50. The van der Waals surface area contributed by atoms with Crippen LogP contribution in [0.1, 0.15) is 28.4 Å². The average Bonchev–Trinajstić information content (AvgIpc) is 2.71. The van der Waals surface area contributed by atoms with Crippen molar-refractivity contribution in [3.8, 4) is 11.5 Å². The van der Waals surface area contributed by atoms with E-state index in [2.05, 4.69) is 5.32 Å². The van der Waals surface area contributed by atoms with E-state index >= 15 is 0 Å². The van der Waals surface area contributed by atoms with Crippen LogP contribution in [0, 0.1) is 17.0 Å². The van der Waals surface area contributed by atoms with Crippen molar-refractivity contribution in [2.75, 3.05) is 14.2 Å². The molecule has 0 fully saturated rings. The summed E-state index contributed by atoms with van der Waals surface area (Å²) in [5.41, 5.74) is 1.13. The highest BCUT2D eigenvalue weighted by Crippen LogP contribution is 2.34. The van der Waals surface area contributed by atoms with Crippen molar-refractivity contribution >= 4 is 17.6 Å². The minimum absolute atomic E-state index is 0.0969. The van der Waals surface area contributed by atoms with E-state index < -0.39 is 28.6 Å². The van der Waals surface area contributed by atoms with Crippen molar-refractivity contribution in [1.29, 1.82) is 0 Å². The molecule has 154 valence electrons. The zero-order valence-electron chi connectivity index (χ0n) is 16.6. The van der Waals surface area contributed by atoms with Gasteiger partial charge in [-0.15, -0.1) is 0 Å². The molecule has 1 atom stereocenters. The number of rotatable bonds is 8. The Kier molecular flexibility index (Phi) is 7.13. The Morgan fingerprint density at radius 3 is 2.24 bits per heavy atom. The number of ether oxygens (including phenoxy) is 3. The quantitative estimate of drug-likeness (QED) is 0.410. The van der Waals surface area contributed by atoms with Gasteiger partial charge in [-0.1, -0.05) is 29.8 Å². The zero-order chi connectivity index (χ0) is 21.6. The molecular formula is C20H22N2O7. The molecule has 29 heavy (non-hydrogen) atoms. The highest BCUT2D eigenvalue weighted by molar-refractivity contribution is 5.96. The van der Waals surface area contributed by atoms with Gasteiger partial charge in [0.2, 0.25) is 0 Å². The monoisotopic (exact) mass is 402 g/mol. The number of carbonyl (C=O) groups excluding carboxylic acids is 2. The van der Waals surface area contributed by atoms with Gasteiger partial charge in [-0.3, -0.25) is 14.9 Å². The first-order valence-electron chi connectivity index (χ1n) is 8.71. The van der Waals surface area contributed by atoms with Crippen molar-refractivity contribution in [2.45, 2.75) is 26.5 Å². The van der Waals surface area contributed by atoms with Crippen LogP contribution in [0.15, 0.2) is 36.4 Å². The Hall–Kier alpha value is -3.62. The van der Waals surface area contributed by atoms with Crippen LogP contribution in [0.2, 0.25) is 0 Å². The number of benzene rings is 2. The average molecular weight is 402 g/mol. The lowest BCUT2D eigenvalue weighted by molar-refractivity contribution is -0.385. The van der Waals surface area contributed by atoms with Gasteiger partial charge < -0.3 is 19.5 Å². The second-order valence-electron chi connectivity index (χ2n) is 6.23. The third kappa shape index (κ3) is 5.44. The van der Waals surface area contributed by atoms with E-state index in [-0.39, 0.29) is 23.6 Å². The van der Waals surface area contributed by atoms with Crippen molar-refractivity contribution in [3.05, 3.63) is 63.2 Å². The van der Waals surface area contributed by atoms with E-state index in [0.29, 0.717) is 0 Å². The summed E-state index contributed by atoms with van der Waals surface area (Å²) in [6, 6.07) is 9.80. The molecule has 0 aliphatic carbocycles. The van der Waals surface area contributed by atoms with Crippen LogP contribution in [0.3, 0.4) is 0 Å². The summed E-state index contributed by atoms with van der Waals surface area (Å²) in [6.45, 7) is 3.60. The maximum Gasteiger partial charge on any atom is 0.346 e. The van der Waals surface area contributed by atoms with Gasteiger partial charge in [0.25, 0.3) is 11.6 Å². The first-order chi connectivity index (χ1) is 13.8. The molecule has 0 aromatic heterocycles. The summed E-state index contributed by atoms with van der Waals surface area (Å²) < 4.78 is 15.2. The number of amides is 1. The minimum Gasteiger partial charge on any atom is -0.493 e. The SMILES string of the molecule is COc1cc(C(=O)O[C@H](C)C(=O)NCc2ccc(C)cc2)c([N+](=O)[O-])cc1OC. The number of aryl methyl sites for hydroxylation is 1. The third-order valence-corrected chi connectivity index (χ3v) is 4.16. The highest BCUT2D eigenvalue weighted by Gasteiger charge is 2.28. The number of nitro groups is 1. The molecule has 0 aliphatic rings. The number of esters is 1. The van der Waals surface area contributed by atoms with Crippen molar-refractivity contribution < 1.29 is 28.7 Å². The third-order valence-electron chi connectivity index (χ3n) is 4.16. The maximum atomic E-state index is 12.5. The smallest absolute Gasteiger partial charge is 0.346 e. The van der Waals surface area contributed by atoms with Gasteiger partial charge in [-0.2, -0.15) is 0 Å². The highest BCUT2D eigenvalue weighted by atomic mass is 16.6. The van der Waals surface area contributed by atoms with E-state index in [4.69, 9.17) is 14.2 Å². The predicted molar refractivity (Wildman–Crippen MR) is 104 cm³/mol. The van der Waals surface area contributed by atoms with Gasteiger partial charge >= 0.3 is 5.97 Å². The number of nitrogens with one attached hydrogen (secondary N) is 1. The second kappa shape index (κ2) is 9.54. The van der Waals surface area contributed by atoms with Crippen LogP contribution >= 0.6 is 0 Å². The van der Waals surface area contributed by atoms with E-state index in [1.165, 1.54) is 21.1 Å². The molecule has 0 aliphatic heterocycles. The molecule has 0 spiro atoms. The lowest BCUT2D eigenvalue weighted by Gasteiger charge is -2.15. The van der Waals surface area contributed by atoms with Crippen LogP contribution < -0.4 is 14.8 Å². The molecule has 2 rings (SSSR count). The first-order valence-corrected chi connectivity index (χ1v) is 8.71. The maximum absolute atomic E-state index is 12.5.